The number of nitrogens with zero attached hydrogens (tertiary/aromatic N) is 2. The summed E-state index contributed by atoms with van der Waals surface area (Å²) in [5.74, 6) is 0.464. The van der Waals surface area contributed by atoms with Crippen molar-refractivity contribution < 1.29 is 9.59 Å². The molecular formula is C29H32N4O2. The van der Waals surface area contributed by atoms with Gasteiger partial charge in [0.25, 0.3) is 5.91 Å². The van der Waals surface area contributed by atoms with Crippen LogP contribution in [0.1, 0.15) is 52.2 Å². The topological polar surface area (TPSA) is 74.3 Å². The van der Waals surface area contributed by atoms with E-state index in [0.29, 0.717) is 38.2 Å². The lowest BCUT2D eigenvalue weighted by molar-refractivity contribution is -0.127. The zero-order chi connectivity index (χ0) is 24.3. The van der Waals surface area contributed by atoms with Gasteiger partial charge in [0.1, 0.15) is 0 Å². The van der Waals surface area contributed by atoms with Crippen LogP contribution in [0, 0.1) is 12.3 Å². The van der Waals surface area contributed by atoms with Gasteiger partial charge >= 0.3 is 0 Å². The molecule has 1 atom stereocenters. The Labute approximate surface area is 206 Å². The Morgan fingerprint density at radius 2 is 1.83 bits per heavy atom. The number of pyridine rings is 1. The van der Waals surface area contributed by atoms with Gasteiger partial charge < -0.3 is 15.5 Å². The van der Waals surface area contributed by atoms with Gasteiger partial charge in [0.2, 0.25) is 5.91 Å². The standard InChI is InChI=1S/C29H32N4O2/c1-21-7-8-24(17-26(21)31-19-22-9-13-30-14-10-22)28(35)33-15-11-29(12-16-33)18-27(34)32-20-25(29)23-5-3-2-4-6-23/h2-10,13-14,17,25,31H,11-12,15-16,18-20H2,1H3,(H,32,34). The first kappa shape index (κ1) is 23.1. The lowest BCUT2D eigenvalue weighted by atomic mass is 9.62. The molecule has 2 aliphatic heterocycles. The molecule has 2 fully saturated rings. The number of likely N-dealkylation sites (tertiary alicyclic amines) is 1. The maximum Gasteiger partial charge on any atom is 0.253 e. The van der Waals surface area contributed by atoms with Crippen molar-refractivity contribution in [1.29, 1.82) is 0 Å². The van der Waals surface area contributed by atoms with Gasteiger partial charge in [-0.1, -0.05) is 36.4 Å². The molecule has 1 aromatic heterocycles. The molecule has 6 nitrogen and oxygen atoms in total. The number of amides is 2. The molecule has 2 saturated heterocycles. The summed E-state index contributed by atoms with van der Waals surface area (Å²) in [6, 6.07) is 20.3. The van der Waals surface area contributed by atoms with Crippen molar-refractivity contribution in [3.63, 3.8) is 0 Å². The van der Waals surface area contributed by atoms with Crippen LogP contribution in [-0.4, -0.2) is 41.3 Å². The smallest absolute Gasteiger partial charge is 0.253 e. The largest absolute Gasteiger partial charge is 0.381 e. The van der Waals surface area contributed by atoms with Crippen molar-refractivity contribution in [2.75, 3.05) is 25.0 Å². The molecule has 0 bridgehead atoms. The molecule has 1 unspecified atom stereocenters. The number of hydrogen-bond donors (Lipinski definition) is 2. The maximum absolute atomic E-state index is 13.4. The molecule has 0 aliphatic carbocycles. The molecule has 35 heavy (non-hydrogen) atoms. The van der Waals surface area contributed by atoms with Gasteiger partial charge in [-0.25, -0.2) is 0 Å². The van der Waals surface area contributed by atoms with E-state index in [1.165, 1.54) is 5.56 Å². The van der Waals surface area contributed by atoms with Gasteiger partial charge in [-0.2, -0.15) is 0 Å². The number of hydrogen-bond acceptors (Lipinski definition) is 4. The number of carbonyl (C=O) groups is 2. The predicted molar refractivity (Wildman–Crippen MR) is 137 cm³/mol. The second-order valence-corrected chi connectivity index (χ2v) is 9.84. The first-order valence-corrected chi connectivity index (χ1v) is 12.4. The lowest BCUT2D eigenvalue weighted by Gasteiger charge is -2.49. The van der Waals surface area contributed by atoms with Crippen molar-refractivity contribution in [2.24, 2.45) is 5.41 Å². The normalized spacial score (nSPS) is 19.3. The molecular weight excluding hydrogens is 436 g/mol. The Morgan fingerprint density at radius 3 is 2.57 bits per heavy atom. The van der Waals surface area contributed by atoms with Crippen molar-refractivity contribution >= 4 is 17.5 Å². The molecule has 2 amide bonds. The van der Waals surface area contributed by atoms with Crippen molar-refractivity contribution in [3.05, 3.63) is 95.3 Å². The zero-order valence-electron chi connectivity index (χ0n) is 20.2. The second kappa shape index (κ2) is 9.90. The van der Waals surface area contributed by atoms with Crippen LogP contribution in [0.5, 0.6) is 0 Å². The van der Waals surface area contributed by atoms with Crippen LogP contribution in [0.25, 0.3) is 0 Å². The molecule has 3 heterocycles. The van der Waals surface area contributed by atoms with Gasteiger partial charge in [-0.3, -0.25) is 14.6 Å². The minimum Gasteiger partial charge on any atom is -0.381 e. The fourth-order valence-electron chi connectivity index (χ4n) is 5.60. The van der Waals surface area contributed by atoms with Gasteiger partial charge in [-0.05, 0) is 66.1 Å². The van der Waals surface area contributed by atoms with E-state index in [1.807, 2.05) is 48.2 Å². The van der Waals surface area contributed by atoms with Crippen LogP contribution < -0.4 is 10.6 Å². The summed E-state index contributed by atoms with van der Waals surface area (Å²) >= 11 is 0. The number of aromatic nitrogens is 1. The highest BCUT2D eigenvalue weighted by atomic mass is 16.2. The highest BCUT2D eigenvalue weighted by Gasteiger charge is 2.46. The van der Waals surface area contributed by atoms with Crippen LogP contribution in [-0.2, 0) is 11.3 Å². The Morgan fingerprint density at radius 1 is 1.09 bits per heavy atom. The van der Waals surface area contributed by atoms with Crippen LogP contribution >= 0.6 is 0 Å². The van der Waals surface area contributed by atoms with Crippen molar-refractivity contribution in [1.82, 2.24) is 15.2 Å². The van der Waals surface area contributed by atoms with E-state index in [1.54, 1.807) is 12.4 Å². The molecule has 6 heteroatoms. The Balaban J connectivity index is 1.28. The summed E-state index contributed by atoms with van der Waals surface area (Å²) in [5.41, 5.74) is 5.09. The summed E-state index contributed by atoms with van der Waals surface area (Å²) in [6.07, 6.45) is 5.77. The lowest BCUT2D eigenvalue weighted by Crippen LogP contribution is -2.52. The maximum atomic E-state index is 13.4. The third-order valence-corrected chi connectivity index (χ3v) is 7.72. The minimum atomic E-state index is -0.0923. The molecule has 2 aromatic carbocycles. The molecule has 2 aliphatic rings. The Kier molecular flexibility index (Phi) is 6.53. The molecule has 3 aromatic rings. The minimum absolute atomic E-state index is 0.0586. The van der Waals surface area contributed by atoms with E-state index in [-0.39, 0.29) is 23.1 Å². The van der Waals surface area contributed by atoms with Crippen LogP contribution in [0.15, 0.2) is 73.1 Å². The van der Waals surface area contributed by atoms with Gasteiger partial charge in [0.15, 0.2) is 0 Å². The second-order valence-electron chi connectivity index (χ2n) is 9.84. The first-order chi connectivity index (χ1) is 17.0. The summed E-state index contributed by atoms with van der Waals surface area (Å²) in [5, 5.41) is 6.53. The summed E-state index contributed by atoms with van der Waals surface area (Å²) in [6.45, 7) is 4.73. The summed E-state index contributed by atoms with van der Waals surface area (Å²) in [4.78, 5) is 31.8. The first-order valence-electron chi connectivity index (χ1n) is 12.4. The highest BCUT2D eigenvalue weighted by molar-refractivity contribution is 5.95. The van der Waals surface area contributed by atoms with Crippen LogP contribution in [0.4, 0.5) is 5.69 Å². The van der Waals surface area contributed by atoms with E-state index in [2.05, 4.69) is 39.9 Å². The summed E-state index contributed by atoms with van der Waals surface area (Å²) in [7, 11) is 0. The average molecular weight is 469 g/mol. The zero-order valence-corrected chi connectivity index (χ0v) is 20.2. The number of nitrogens with one attached hydrogen (secondary N) is 2. The fraction of sp³-hybridized carbons (Fsp3) is 0.345. The SMILES string of the molecule is Cc1ccc(C(=O)N2CCC3(CC2)CC(=O)NCC3c2ccccc2)cc1NCc1ccncc1. The monoisotopic (exact) mass is 468 g/mol. The van der Waals surface area contributed by atoms with E-state index in [9.17, 15) is 9.59 Å². The van der Waals surface area contributed by atoms with E-state index in [4.69, 9.17) is 0 Å². The molecule has 0 saturated carbocycles. The quantitative estimate of drug-likeness (QED) is 0.577. The van der Waals surface area contributed by atoms with Crippen LogP contribution in [0.2, 0.25) is 0 Å². The molecule has 1 spiro atoms. The average Bonchev–Trinajstić information content (AvgIpc) is 2.89. The van der Waals surface area contributed by atoms with E-state index in [0.717, 1.165) is 29.7 Å². The van der Waals surface area contributed by atoms with E-state index < -0.39 is 0 Å². The summed E-state index contributed by atoms with van der Waals surface area (Å²) < 4.78 is 0. The van der Waals surface area contributed by atoms with Gasteiger partial charge in [0.05, 0.1) is 0 Å². The van der Waals surface area contributed by atoms with Crippen molar-refractivity contribution in [2.45, 2.75) is 38.6 Å². The van der Waals surface area contributed by atoms with Crippen molar-refractivity contribution in [3.8, 4) is 0 Å². The number of benzene rings is 2. The fourth-order valence-corrected chi connectivity index (χ4v) is 5.60. The molecule has 5 rings (SSSR count). The number of piperidine rings is 2. The molecule has 0 radical (unpaired) electrons. The third-order valence-electron chi connectivity index (χ3n) is 7.72. The third kappa shape index (κ3) is 4.92. The Hall–Kier alpha value is -3.67. The number of rotatable bonds is 5. The van der Waals surface area contributed by atoms with Crippen LogP contribution in [0.3, 0.4) is 0 Å². The number of carbonyl (C=O) groups excluding carboxylic acids is 2. The molecule has 2 N–H and O–H groups in total. The predicted octanol–water partition coefficient (Wildman–Crippen LogP) is 4.53. The number of anilines is 1. The Bertz CT molecular complexity index is 1190. The van der Waals surface area contributed by atoms with Gasteiger partial charge in [-0.15, -0.1) is 0 Å². The molecule has 180 valence electrons. The highest BCUT2D eigenvalue weighted by Crippen LogP contribution is 2.48. The number of aryl methyl sites for hydroxylation is 1. The van der Waals surface area contributed by atoms with E-state index >= 15 is 0 Å². The van der Waals surface area contributed by atoms with Gasteiger partial charge in [0, 0.05) is 62.2 Å².